The molecule has 0 aliphatic carbocycles. The molecule has 1 heterocycles. The standard InChI is InChI=1S/C10H21NO/c1-8(2)12-9(3)6-10-4-5-11-7-10/h8-11H,4-7H2,1-3H3. The van der Waals surface area contributed by atoms with Gasteiger partial charge in [0.25, 0.3) is 0 Å². The highest BCUT2D eigenvalue weighted by molar-refractivity contribution is 4.73. The summed E-state index contributed by atoms with van der Waals surface area (Å²) < 4.78 is 5.68. The van der Waals surface area contributed by atoms with Gasteiger partial charge in [0.1, 0.15) is 0 Å². The van der Waals surface area contributed by atoms with Crippen LogP contribution < -0.4 is 5.32 Å². The first-order valence-electron chi connectivity index (χ1n) is 5.04. The number of hydrogen-bond donors (Lipinski definition) is 1. The van der Waals surface area contributed by atoms with E-state index in [1.165, 1.54) is 25.9 Å². The molecule has 0 spiro atoms. The van der Waals surface area contributed by atoms with E-state index >= 15 is 0 Å². The molecule has 12 heavy (non-hydrogen) atoms. The molecule has 0 bridgehead atoms. The van der Waals surface area contributed by atoms with Crippen LogP contribution in [0.25, 0.3) is 0 Å². The maximum Gasteiger partial charge on any atom is 0.0553 e. The van der Waals surface area contributed by atoms with E-state index in [-0.39, 0.29) is 0 Å². The van der Waals surface area contributed by atoms with Crippen LogP contribution in [0.4, 0.5) is 0 Å². The molecule has 72 valence electrons. The molecule has 0 aromatic carbocycles. The quantitative estimate of drug-likeness (QED) is 0.696. The topological polar surface area (TPSA) is 21.3 Å². The van der Waals surface area contributed by atoms with Crippen molar-refractivity contribution in [2.75, 3.05) is 13.1 Å². The van der Waals surface area contributed by atoms with E-state index in [2.05, 4.69) is 26.1 Å². The second-order valence-corrected chi connectivity index (χ2v) is 4.09. The van der Waals surface area contributed by atoms with Gasteiger partial charge in [0, 0.05) is 0 Å². The van der Waals surface area contributed by atoms with Gasteiger partial charge in [-0.1, -0.05) is 0 Å². The normalized spacial score (nSPS) is 26.5. The molecule has 1 aliphatic heterocycles. The molecule has 0 amide bonds. The van der Waals surface area contributed by atoms with E-state index in [0.29, 0.717) is 12.2 Å². The van der Waals surface area contributed by atoms with E-state index in [1.807, 2.05) is 0 Å². The third kappa shape index (κ3) is 3.55. The fraction of sp³-hybridized carbons (Fsp3) is 1.00. The summed E-state index contributed by atoms with van der Waals surface area (Å²) in [5, 5.41) is 3.38. The fourth-order valence-electron chi connectivity index (χ4n) is 1.91. The Morgan fingerprint density at radius 2 is 2.17 bits per heavy atom. The highest BCUT2D eigenvalue weighted by Gasteiger charge is 2.17. The Bertz CT molecular complexity index is 119. The predicted octanol–water partition coefficient (Wildman–Crippen LogP) is 1.80. The molecule has 0 saturated carbocycles. The van der Waals surface area contributed by atoms with Crippen LogP contribution in [-0.2, 0) is 4.74 Å². The summed E-state index contributed by atoms with van der Waals surface area (Å²) in [5.41, 5.74) is 0. The Labute approximate surface area is 75.7 Å². The molecule has 1 aliphatic rings. The monoisotopic (exact) mass is 171 g/mol. The molecule has 0 radical (unpaired) electrons. The average Bonchev–Trinajstić information content (AvgIpc) is 2.37. The largest absolute Gasteiger partial charge is 0.376 e. The summed E-state index contributed by atoms with van der Waals surface area (Å²) in [6.07, 6.45) is 3.33. The van der Waals surface area contributed by atoms with E-state index in [4.69, 9.17) is 4.74 Å². The van der Waals surface area contributed by atoms with Crippen molar-refractivity contribution in [3.05, 3.63) is 0 Å². The van der Waals surface area contributed by atoms with Gasteiger partial charge in [-0.05, 0) is 52.6 Å². The Morgan fingerprint density at radius 3 is 2.67 bits per heavy atom. The van der Waals surface area contributed by atoms with Crippen molar-refractivity contribution in [2.24, 2.45) is 5.92 Å². The third-order valence-corrected chi connectivity index (χ3v) is 2.33. The lowest BCUT2D eigenvalue weighted by molar-refractivity contribution is 0.00688. The van der Waals surface area contributed by atoms with Gasteiger partial charge >= 0.3 is 0 Å². The first-order chi connectivity index (χ1) is 5.68. The summed E-state index contributed by atoms with van der Waals surface area (Å²) in [4.78, 5) is 0. The minimum absolute atomic E-state index is 0.370. The zero-order valence-electron chi connectivity index (χ0n) is 8.47. The van der Waals surface area contributed by atoms with E-state index in [9.17, 15) is 0 Å². The van der Waals surface area contributed by atoms with E-state index in [1.54, 1.807) is 0 Å². The second-order valence-electron chi connectivity index (χ2n) is 4.09. The van der Waals surface area contributed by atoms with E-state index in [0.717, 1.165) is 5.92 Å². The van der Waals surface area contributed by atoms with Crippen molar-refractivity contribution in [2.45, 2.75) is 45.8 Å². The molecule has 1 fully saturated rings. The molecule has 2 heteroatoms. The Kier molecular flexibility index (Phi) is 4.02. The smallest absolute Gasteiger partial charge is 0.0553 e. The van der Waals surface area contributed by atoms with Gasteiger partial charge < -0.3 is 10.1 Å². The molecule has 2 nitrogen and oxygen atoms in total. The molecule has 1 saturated heterocycles. The Balaban J connectivity index is 2.11. The summed E-state index contributed by atoms with van der Waals surface area (Å²) >= 11 is 0. The number of ether oxygens (including phenoxy) is 1. The molecule has 2 atom stereocenters. The van der Waals surface area contributed by atoms with Gasteiger partial charge in [-0.15, -0.1) is 0 Å². The van der Waals surface area contributed by atoms with Gasteiger partial charge in [-0.2, -0.15) is 0 Å². The molecular formula is C10H21NO. The summed E-state index contributed by atoms with van der Waals surface area (Å²) in [7, 11) is 0. The minimum Gasteiger partial charge on any atom is -0.376 e. The van der Waals surface area contributed by atoms with Crippen molar-refractivity contribution < 1.29 is 4.74 Å². The SMILES string of the molecule is CC(C)OC(C)CC1CCNC1. The zero-order chi connectivity index (χ0) is 8.97. The second kappa shape index (κ2) is 4.83. The molecule has 0 aromatic rings. The number of hydrogen-bond acceptors (Lipinski definition) is 2. The van der Waals surface area contributed by atoms with Gasteiger partial charge in [0.05, 0.1) is 12.2 Å². The summed E-state index contributed by atoms with van der Waals surface area (Å²) in [5.74, 6) is 0.846. The molecule has 0 aromatic heterocycles. The molecule has 1 rings (SSSR count). The van der Waals surface area contributed by atoms with Crippen molar-refractivity contribution >= 4 is 0 Å². The lowest BCUT2D eigenvalue weighted by atomic mass is 10.0. The molecular weight excluding hydrogens is 150 g/mol. The highest BCUT2D eigenvalue weighted by Crippen LogP contribution is 2.16. The first kappa shape index (κ1) is 10.0. The van der Waals surface area contributed by atoms with Crippen molar-refractivity contribution in [1.82, 2.24) is 5.32 Å². The number of nitrogens with one attached hydrogen (secondary N) is 1. The lowest BCUT2D eigenvalue weighted by Gasteiger charge is -2.18. The van der Waals surface area contributed by atoms with Crippen molar-refractivity contribution in [3.8, 4) is 0 Å². The van der Waals surface area contributed by atoms with Gasteiger partial charge in [0.15, 0.2) is 0 Å². The highest BCUT2D eigenvalue weighted by atomic mass is 16.5. The van der Waals surface area contributed by atoms with Crippen LogP contribution in [0.15, 0.2) is 0 Å². The Hall–Kier alpha value is -0.0800. The van der Waals surface area contributed by atoms with Gasteiger partial charge in [-0.3, -0.25) is 0 Å². The average molecular weight is 171 g/mol. The zero-order valence-corrected chi connectivity index (χ0v) is 8.47. The van der Waals surface area contributed by atoms with Crippen LogP contribution in [0.2, 0.25) is 0 Å². The van der Waals surface area contributed by atoms with Crippen LogP contribution in [0.3, 0.4) is 0 Å². The van der Waals surface area contributed by atoms with Crippen LogP contribution in [-0.4, -0.2) is 25.3 Å². The summed E-state index contributed by atoms with van der Waals surface area (Å²) in [6.45, 7) is 8.76. The maximum absolute atomic E-state index is 5.68. The van der Waals surface area contributed by atoms with Crippen LogP contribution >= 0.6 is 0 Å². The summed E-state index contributed by atoms with van der Waals surface area (Å²) in [6, 6.07) is 0. The van der Waals surface area contributed by atoms with Crippen LogP contribution in [0.1, 0.15) is 33.6 Å². The minimum atomic E-state index is 0.370. The lowest BCUT2D eigenvalue weighted by Crippen LogP contribution is -2.19. The third-order valence-electron chi connectivity index (χ3n) is 2.33. The molecule has 2 unspecified atom stereocenters. The molecule has 1 N–H and O–H groups in total. The maximum atomic E-state index is 5.68. The predicted molar refractivity (Wildman–Crippen MR) is 51.3 cm³/mol. The fourth-order valence-corrected chi connectivity index (χ4v) is 1.91. The first-order valence-corrected chi connectivity index (χ1v) is 5.04. The van der Waals surface area contributed by atoms with E-state index < -0.39 is 0 Å². The van der Waals surface area contributed by atoms with Gasteiger partial charge in [0.2, 0.25) is 0 Å². The van der Waals surface area contributed by atoms with Crippen molar-refractivity contribution in [1.29, 1.82) is 0 Å². The van der Waals surface area contributed by atoms with Gasteiger partial charge in [-0.25, -0.2) is 0 Å². The van der Waals surface area contributed by atoms with Crippen LogP contribution in [0.5, 0.6) is 0 Å². The van der Waals surface area contributed by atoms with Crippen LogP contribution in [0, 0.1) is 5.92 Å². The Morgan fingerprint density at radius 1 is 1.42 bits per heavy atom. The number of rotatable bonds is 4. The van der Waals surface area contributed by atoms with Crippen molar-refractivity contribution in [3.63, 3.8) is 0 Å².